The Kier molecular flexibility index (Phi) is 6.85. The summed E-state index contributed by atoms with van der Waals surface area (Å²) in [6.45, 7) is 0. The predicted octanol–water partition coefficient (Wildman–Crippen LogP) is 11.7. The summed E-state index contributed by atoms with van der Waals surface area (Å²) in [6.07, 6.45) is -0.334. The molecule has 0 bridgehead atoms. The van der Waals surface area contributed by atoms with Gasteiger partial charge in [-0.25, -0.2) is 9.98 Å². The molecule has 9 aromatic rings. The number of benzene rings is 8. The van der Waals surface area contributed by atoms with E-state index in [-0.39, 0.29) is 6.17 Å². The predicted molar refractivity (Wildman–Crippen MR) is 211 cm³/mol. The molecule has 10 rings (SSSR count). The van der Waals surface area contributed by atoms with Crippen molar-refractivity contribution in [3.05, 3.63) is 193 Å². The molecule has 1 N–H and O–H groups in total. The van der Waals surface area contributed by atoms with Crippen LogP contribution in [0.1, 0.15) is 22.9 Å². The van der Waals surface area contributed by atoms with E-state index in [9.17, 15) is 0 Å². The Labute approximate surface area is 295 Å². The van der Waals surface area contributed by atoms with Crippen molar-refractivity contribution in [2.75, 3.05) is 0 Å². The lowest BCUT2D eigenvalue weighted by molar-refractivity contribution is 0.668. The standard InChI is InChI=1S/C47H31N3O/c1-2-9-30(10-3-1)33-17-21-34(22-18-33)45-48-46(39-24-20-32-12-5-7-14-36(32)28-39)50-47(49-45)41-15-8-16-42-44(41)40-26-25-38(29-43(40)51-42)37-23-19-31-11-4-6-13-35(31)27-37/h1-29,46H,(H,48,49,50). The maximum absolute atomic E-state index is 6.55. The molecule has 1 unspecified atom stereocenters. The molecule has 0 saturated carbocycles. The van der Waals surface area contributed by atoms with Gasteiger partial charge in [-0.3, -0.25) is 0 Å². The van der Waals surface area contributed by atoms with Gasteiger partial charge in [0.2, 0.25) is 0 Å². The van der Waals surface area contributed by atoms with Crippen LogP contribution in [-0.2, 0) is 0 Å². The molecule has 8 aromatic carbocycles. The van der Waals surface area contributed by atoms with Crippen LogP contribution in [0.5, 0.6) is 0 Å². The van der Waals surface area contributed by atoms with Gasteiger partial charge in [-0.1, -0.05) is 146 Å². The van der Waals surface area contributed by atoms with E-state index in [1.807, 2.05) is 18.2 Å². The Morgan fingerprint density at radius 2 is 1.08 bits per heavy atom. The molecule has 2 heterocycles. The summed E-state index contributed by atoms with van der Waals surface area (Å²) < 4.78 is 6.55. The highest BCUT2D eigenvalue weighted by molar-refractivity contribution is 6.22. The fourth-order valence-electron chi connectivity index (χ4n) is 7.28. The lowest BCUT2D eigenvalue weighted by Crippen LogP contribution is -2.33. The van der Waals surface area contributed by atoms with Crippen molar-refractivity contribution >= 4 is 55.2 Å². The SMILES string of the molecule is c1ccc(-c2ccc(C3=NC(c4ccc5ccccc5c4)NC(c4cccc5oc6cc(-c7ccc8ccccc8c7)ccc6c45)=N3)cc2)cc1. The Bertz CT molecular complexity index is 2830. The second kappa shape index (κ2) is 12.0. The van der Waals surface area contributed by atoms with Crippen LogP contribution in [0.2, 0.25) is 0 Å². The number of hydrogen-bond acceptors (Lipinski definition) is 4. The van der Waals surface area contributed by atoms with Crippen LogP contribution in [0.25, 0.3) is 65.7 Å². The smallest absolute Gasteiger partial charge is 0.159 e. The summed E-state index contributed by atoms with van der Waals surface area (Å²) in [5.74, 6) is 1.45. The average Bonchev–Trinajstić information content (AvgIpc) is 3.59. The zero-order valence-corrected chi connectivity index (χ0v) is 27.6. The number of hydrogen-bond donors (Lipinski definition) is 1. The molecular formula is C47H31N3O. The lowest BCUT2D eigenvalue weighted by Gasteiger charge is -2.24. The highest BCUT2D eigenvalue weighted by Crippen LogP contribution is 2.36. The summed E-state index contributed by atoms with van der Waals surface area (Å²) in [6, 6.07) is 61.7. The topological polar surface area (TPSA) is 49.9 Å². The molecule has 4 nitrogen and oxygen atoms in total. The minimum absolute atomic E-state index is 0.334. The molecule has 0 amide bonds. The first-order chi connectivity index (χ1) is 25.2. The zero-order valence-electron chi connectivity index (χ0n) is 27.6. The Morgan fingerprint density at radius 1 is 0.451 bits per heavy atom. The van der Waals surface area contributed by atoms with E-state index >= 15 is 0 Å². The van der Waals surface area contributed by atoms with Crippen LogP contribution in [0.3, 0.4) is 0 Å². The lowest BCUT2D eigenvalue weighted by atomic mass is 9.99. The van der Waals surface area contributed by atoms with Gasteiger partial charge in [0.1, 0.15) is 23.2 Å². The molecule has 1 aliphatic rings. The zero-order chi connectivity index (χ0) is 33.7. The molecule has 51 heavy (non-hydrogen) atoms. The van der Waals surface area contributed by atoms with E-state index in [0.29, 0.717) is 5.84 Å². The molecular weight excluding hydrogens is 623 g/mol. The fourth-order valence-corrected chi connectivity index (χ4v) is 7.28. The molecule has 1 aliphatic heterocycles. The van der Waals surface area contributed by atoms with E-state index in [4.69, 9.17) is 14.4 Å². The van der Waals surface area contributed by atoms with Crippen LogP contribution >= 0.6 is 0 Å². The molecule has 0 aliphatic carbocycles. The molecule has 0 saturated heterocycles. The molecule has 1 aromatic heterocycles. The Balaban J connectivity index is 1.09. The van der Waals surface area contributed by atoms with Crippen LogP contribution in [-0.4, -0.2) is 11.7 Å². The normalized spacial score (nSPS) is 14.5. The first-order valence-electron chi connectivity index (χ1n) is 17.3. The largest absolute Gasteiger partial charge is 0.456 e. The Morgan fingerprint density at radius 3 is 1.88 bits per heavy atom. The van der Waals surface area contributed by atoms with Crippen molar-refractivity contribution in [1.82, 2.24) is 5.32 Å². The van der Waals surface area contributed by atoms with E-state index in [1.165, 1.54) is 27.1 Å². The summed E-state index contributed by atoms with van der Waals surface area (Å²) in [5, 5.41) is 10.6. The van der Waals surface area contributed by atoms with Gasteiger partial charge < -0.3 is 9.73 Å². The van der Waals surface area contributed by atoms with E-state index in [1.54, 1.807) is 0 Å². The van der Waals surface area contributed by atoms with Gasteiger partial charge in [0.15, 0.2) is 5.84 Å². The van der Waals surface area contributed by atoms with E-state index in [0.717, 1.165) is 61.2 Å². The number of furan rings is 1. The fraction of sp³-hybridized carbons (Fsp3) is 0.0213. The molecule has 4 heteroatoms. The third-order valence-electron chi connectivity index (χ3n) is 9.92. The second-order valence-corrected chi connectivity index (χ2v) is 13.1. The number of nitrogens with zero attached hydrogens (tertiary/aromatic N) is 2. The summed E-state index contributed by atoms with van der Waals surface area (Å²) >= 11 is 0. The number of rotatable bonds is 5. The highest BCUT2D eigenvalue weighted by atomic mass is 16.3. The van der Waals surface area contributed by atoms with Gasteiger partial charge in [0.05, 0.1) is 0 Å². The molecule has 0 radical (unpaired) electrons. The van der Waals surface area contributed by atoms with E-state index < -0.39 is 0 Å². The van der Waals surface area contributed by atoms with Gasteiger partial charge in [-0.2, -0.15) is 0 Å². The average molecular weight is 654 g/mol. The van der Waals surface area contributed by atoms with Crippen molar-refractivity contribution in [3.8, 4) is 22.3 Å². The number of amidine groups is 2. The van der Waals surface area contributed by atoms with Crippen molar-refractivity contribution in [1.29, 1.82) is 0 Å². The van der Waals surface area contributed by atoms with Gasteiger partial charge in [0, 0.05) is 21.9 Å². The maximum atomic E-state index is 6.55. The summed E-state index contributed by atoms with van der Waals surface area (Å²) in [5.41, 5.74) is 9.28. The number of fused-ring (bicyclic) bond motifs is 5. The van der Waals surface area contributed by atoms with Crippen LogP contribution in [0, 0.1) is 0 Å². The number of nitrogens with one attached hydrogen (secondary N) is 1. The number of aliphatic imine (C=N–C) groups is 2. The van der Waals surface area contributed by atoms with Crippen LogP contribution in [0.15, 0.2) is 190 Å². The monoisotopic (exact) mass is 653 g/mol. The first kappa shape index (κ1) is 29.2. The molecule has 240 valence electrons. The summed E-state index contributed by atoms with van der Waals surface area (Å²) in [7, 11) is 0. The van der Waals surface area contributed by atoms with Crippen LogP contribution in [0.4, 0.5) is 0 Å². The second-order valence-electron chi connectivity index (χ2n) is 13.1. The van der Waals surface area contributed by atoms with Gasteiger partial charge in [-0.15, -0.1) is 0 Å². The van der Waals surface area contributed by atoms with Crippen LogP contribution < -0.4 is 5.32 Å². The van der Waals surface area contributed by atoms with Gasteiger partial charge in [-0.05, 0) is 79.7 Å². The van der Waals surface area contributed by atoms with Gasteiger partial charge >= 0.3 is 0 Å². The molecule has 1 atom stereocenters. The minimum Gasteiger partial charge on any atom is -0.456 e. The third kappa shape index (κ3) is 5.25. The quantitative estimate of drug-likeness (QED) is 0.201. The van der Waals surface area contributed by atoms with Crippen molar-refractivity contribution in [2.24, 2.45) is 9.98 Å². The molecule has 0 spiro atoms. The third-order valence-corrected chi connectivity index (χ3v) is 9.92. The first-order valence-corrected chi connectivity index (χ1v) is 17.3. The minimum atomic E-state index is -0.334. The Hall–Kier alpha value is -6.78. The maximum Gasteiger partial charge on any atom is 0.159 e. The molecule has 0 fully saturated rings. The van der Waals surface area contributed by atoms with Crippen molar-refractivity contribution in [2.45, 2.75) is 6.17 Å². The summed E-state index contributed by atoms with van der Waals surface area (Å²) in [4.78, 5) is 10.4. The van der Waals surface area contributed by atoms with E-state index in [2.05, 4.69) is 163 Å². The van der Waals surface area contributed by atoms with Crippen molar-refractivity contribution < 1.29 is 4.42 Å². The highest BCUT2D eigenvalue weighted by Gasteiger charge is 2.24. The van der Waals surface area contributed by atoms with Crippen molar-refractivity contribution in [3.63, 3.8) is 0 Å². The van der Waals surface area contributed by atoms with Gasteiger partial charge in [0.25, 0.3) is 0 Å².